The van der Waals surface area contributed by atoms with Crippen LogP contribution in [0.25, 0.3) is 11.2 Å². The number of hydrogen-bond donors (Lipinski definition) is 3. The van der Waals surface area contributed by atoms with Gasteiger partial charge in [-0.15, -0.1) is 6.42 Å². The van der Waals surface area contributed by atoms with Crippen molar-refractivity contribution in [1.29, 1.82) is 0 Å². The molecule has 13 nitrogen and oxygen atoms in total. The molecule has 2 aromatic heterocycles. The number of rotatable bonds is 25. The monoisotopic (exact) mass is 758 g/mol. The number of hydrogen-bond acceptors (Lipinski definition) is 11. The van der Waals surface area contributed by atoms with Crippen LogP contribution in [0.2, 0.25) is 0 Å². The summed E-state index contributed by atoms with van der Waals surface area (Å²) in [5.74, 6) is 1.83. The first kappa shape index (κ1) is 42.1. The van der Waals surface area contributed by atoms with Crippen molar-refractivity contribution in [2.75, 3.05) is 18.9 Å². The number of aromatic nitrogens is 4. The SMILES string of the molecule is C#C[C@]1(COP(=O)(N[C@@H](C)C(=O)OCCCCCCCCCCCCCCCCC)Oc2ccccc2)O[C@@H](n2cnc3c(N)nc(F)nc32)C[C@@H]1O. The topological polar surface area (TPSA) is 173 Å². The van der Waals surface area contributed by atoms with Crippen molar-refractivity contribution >= 4 is 30.7 Å². The summed E-state index contributed by atoms with van der Waals surface area (Å²) in [6.07, 6.45) is 22.3. The van der Waals surface area contributed by atoms with Crippen LogP contribution in [0.4, 0.5) is 10.2 Å². The molecule has 3 aromatic rings. The van der Waals surface area contributed by atoms with Crippen LogP contribution >= 0.6 is 7.75 Å². The molecule has 1 aliphatic rings. The van der Waals surface area contributed by atoms with Crippen LogP contribution in [0, 0.1) is 18.4 Å². The van der Waals surface area contributed by atoms with Gasteiger partial charge in [0, 0.05) is 6.42 Å². The molecule has 4 N–H and O–H groups in total. The number of carbonyl (C=O) groups is 1. The molecule has 0 aliphatic carbocycles. The molecule has 4 rings (SSSR count). The molecule has 53 heavy (non-hydrogen) atoms. The summed E-state index contributed by atoms with van der Waals surface area (Å²) >= 11 is 0. The fourth-order valence-corrected chi connectivity index (χ4v) is 7.82. The highest BCUT2D eigenvalue weighted by Crippen LogP contribution is 2.48. The molecule has 3 heterocycles. The molecule has 5 atom stereocenters. The van der Waals surface area contributed by atoms with E-state index in [-0.39, 0.29) is 35.8 Å². The Kier molecular flexibility index (Phi) is 17.0. The van der Waals surface area contributed by atoms with Crippen LogP contribution in [0.5, 0.6) is 5.75 Å². The molecule has 0 amide bonds. The number of benzene rings is 1. The number of nitrogens with two attached hydrogens (primary N) is 1. The number of ether oxygens (including phenoxy) is 2. The maximum atomic E-state index is 14.1. The Balaban J connectivity index is 1.23. The summed E-state index contributed by atoms with van der Waals surface area (Å²) in [7, 11) is -4.34. The maximum Gasteiger partial charge on any atom is 0.459 e. The number of nitrogens with one attached hydrogen (secondary N) is 1. The quantitative estimate of drug-likeness (QED) is 0.0252. The molecular formula is C38H56FN6O7P. The molecule has 1 fully saturated rings. The number of anilines is 1. The molecule has 0 spiro atoms. The molecule has 1 aromatic carbocycles. The third-order valence-corrected chi connectivity index (χ3v) is 11.0. The highest BCUT2D eigenvalue weighted by atomic mass is 31.2. The van der Waals surface area contributed by atoms with Gasteiger partial charge in [-0.1, -0.05) is 121 Å². The van der Waals surface area contributed by atoms with Crippen molar-refractivity contribution in [1.82, 2.24) is 24.6 Å². The molecule has 15 heteroatoms. The van der Waals surface area contributed by atoms with E-state index in [0.29, 0.717) is 0 Å². The number of fused-ring (bicyclic) bond motifs is 1. The highest BCUT2D eigenvalue weighted by molar-refractivity contribution is 7.52. The van der Waals surface area contributed by atoms with Crippen LogP contribution in [0.1, 0.15) is 123 Å². The minimum atomic E-state index is -4.34. The standard InChI is InChI=1S/C38H56FN6O7P/c1-4-6-7-8-9-10-11-12-13-14-15-16-17-18-22-25-49-36(47)29(3)44-53(48,52-30-23-20-19-21-24-30)50-27-38(5-2)31(46)26-32(51-38)45-28-41-33-34(40)42-37(39)43-35(33)45/h2,19-21,23-24,28-29,31-32,46H,4,6-18,22,25-27H2,1,3H3,(H,44,48)(H2,40,42,43)/t29-,31-,32+,38+,53?/m0/s1. The van der Waals surface area contributed by atoms with Crippen LogP contribution < -0.4 is 15.3 Å². The highest BCUT2D eigenvalue weighted by Gasteiger charge is 2.50. The number of terminal acetylenes is 1. The van der Waals surface area contributed by atoms with Gasteiger partial charge in [0.25, 0.3) is 0 Å². The third kappa shape index (κ3) is 12.8. The lowest BCUT2D eigenvalue weighted by Crippen LogP contribution is -2.43. The number of imidazole rings is 1. The maximum absolute atomic E-state index is 14.1. The van der Waals surface area contributed by atoms with Gasteiger partial charge in [0.05, 0.1) is 12.9 Å². The molecule has 1 saturated heterocycles. The van der Waals surface area contributed by atoms with Gasteiger partial charge in [-0.2, -0.15) is 19.4 Å². The fourth-order valence-electron chi connectivity index (χ4n) is 6.30. The largest absolute Gasteiger partial charge is 0.465 e. The molecule has 292 valence electrons. The zero-order valence-corrected chi connectivity index (χ0v) is 32.0. The normalized spacial score (nSPS) is 20.2. The number of esters is 1. The second kappa shape index (κ2) is 21.3. The number of aliphatic hydroxyl groups is 1. The van der Waals surface area contributed by atoms with Crippen LogP contribution in [-0.2, 0) is 23.4 Å². The Hall–Kier alpha value is -3.60. The summed E-state index contributed by atoms with van der Waals surface area (Å²) in [6.45, 7) is 3.38. The molecule has 1 aliphatic heterocycles. The van der Waals surface area contributed by atoms with Crippen molar-refractivity contribution in [3.8, 4) is 18.1 Å². The summed E-state index contributed by atoms with van der Waals surface area (Å²) in [5.41, 5.74) is 4.16. The number of nitrogens with zero attached hydrogens (tertiary/aromatic N) is 4. The zero-order valence-electron chi connectivity index (χ0n) is 31.1. The van der Waals surface area contributed by atoms with E-state index in [0.717, 1.165) is 19.3 Å². The number of para-hydroxylation sites is 1. The third-order valence-electron chi connectivity index (χ3n) is 9.40. The Bertz CT molecular complexity index is 1660. The van der Waals surface area contributed by atoms with Crippen LogP contribution in [-0.4, -0.2) is 61.6 Å². The second-order valence-electron chi connectivity index (χ2n) is 13.7. The van der Waals surface area contributed by atoms with Crippen LogP contribution in [0.15, 0.2) is 36.7 Å². The lowest BCUT2D eigenvalue weighted by molar-refractivity contribution is -0.145. The number of halogens is 1. The van der Waals surface area contributed by atoms with Crippen molar-refractivity contribution < 1.29 is 37.4 Å². The lowest BCUT2D eigenvalue weighted by atomic mass is 9.99. The molecular weight excluding hydrogens is 702 g/mol. The van der Waals surface area contributed by atoms with E-state index in [2.05, 4.69) is 32.9 Å². The van der Waals surface area contributed by atoms with E-state index in [1.165, 1.54) is 94.9 Å². The van der Waals surface area contributed by atoms with Crippen LogP contribution in [0.3, 0.4) is 0 Å². The lowest BCUT2D eigenvalue weighted by Gasteiger charge is -2.29. The summed E-state index contributed by atoms with van der Waals surface area (Å²) in [6, 6.07) is 7.18. The van der Waals surface area contributed by atoms with Gasteiger partial charge in [-0.3, -0.25) is 13.9 Å². The Morgan fingerprint density at radius 1 is 1.08 bits per heavy atom. The first-order valence-corrected chi connectivity index (χ1v) is 20.6. The molecule has 0 radical (unpaired) electrons. The predicted molar refractivity (Wildman–Crippen MR) is 201 cm³/mol. The molecule has 0 saturated carbocycles. The number of unbranched alkanes of at least 4 members (excludes halogenated alkanes) is 14. The van der Waals surface area contributed by atoms with Gasteiger partial charge >= 0.3 is 19.8 Å². The van der Waals surface area contributed by atoms with Gasteiger partial charge in [-0.25, -0.2) is 9.55 Å². The number of carbonyl (C=O) groups excluding carboxylic acids is 1. The van der Waals surface area contributed by atoms with E-state index < -0.39 is 50.4 Å². The average molecular weight is 759 g/mol. The fraction of sp³-hybridized carbons (Fsp3) is 0.632. The van der Waals surface area contributed by atoms with Crippen molar-refractivity contribution in [3.05, 3.63) is 42.7 Å². The summed E-state index contributed by atoms with van der Waals surface area (Å²) < 4.78 is 52.6. The average Bonchev–Trinajstić information content (AvgIpc) is 3.71. The van der Waals surface area contributed by atoms with Gasteiger partial charge in [0.1, 0.15) is 30.7 Å². The van der Waals surface area contributed by atoms with Gasteiger partial charge in [0.2, 0.25) is 0 Å². The molecule has 0 bridgehead atoms. The first-order chi connectivity index (χ1) is 25.6. The summed E-state index contributed by atoms with van der Waals surface area (Å²) in [5, 5.41) is 13.7. The minimum absolute atomic E-state index is 0.0392. The smallest absolute Gasteiger partial charge is 0.459 e. The van der Waals surface area contributed by atoms with Gasteiger partial charge < -0.3 is 24.8 Å². The van der Waals surface area contributed by atoms with Crippen molar-refractivity contribution in [3.63, 3.8) is 0 Å². The Labute approximate surface area is 312 Å². The minimum Gasteiger partial charge on any atom is -0.465 e. The van der Waals surface area contributed by atoms with E-state index in [4.69, 9.17) is 30.7 Å². The Morgan fingerprint density at radius 3 is 2.28 bits per heavy atom. The van der Waals surface area contributed by atoms with E-state index >= 15 is 0 Å². The van der Waals surface area contributed by atoms with E-state index in [1.54, 1.807) is 30.3 Å². The number of nitrogen functional groups attached to an aromatic ring is 1. The van der Waals surface area contributed by atoms with E-state index in [9.17, 15) is 18.9 Å². The predicted octanol–water partition coefficient (Wildman–Crippen LogP) is 7.80. The first-order valence-electron chi connectivity index (χ1n) is 19.0. The zero-order chi connectivity index (χ0) is 38.1. The van der Waals surface area contributed by atoms with Gasteiger partial charge in [-0.05, 0) is 25.5 Å². The Morgan fingerprint density at radius 2 is 1.68 bits per heavy atom. The molecule has 1 unspecified atom stereocenters. The summed E-state index contributed by atoms with van der Waals surface area (Å²) in [4.78, 5) is 24.3. The number of aliphatic hydroxyl groups excluding tert-OH is 1. The van der Waals surface area contributed by atoms with Crippen molar-refractivity contribution in [2.45, 2.75) is 141 Å². The second-order valence-corrected chi connectivity index (χ2v) is 15.4. The van der Waals surface area contributed by atoms with E-state index in [1.807, 2.05) is 0 Å². The van der Waals surface area contributed by atoms with Gasteiger partial charge in [0.15, 0.2) is 22.6 Å². The van der Waals surface area contributed by atoms with Crippen molar-refractivity contribution in [2.24, 2.45) is 0 Å².